The first-order chi connectivity index (χ1) is 13.5. The van der Waals surface area contributed by atoms with E-state index in [2.05, 4.69) is 16.4 Å². The maximum absolute atomic E-state index is 11.5. The molecule has 1 aromatic heterocycles. The van der Waals surface area contributed by atoms with Crippen LogP contribution in [0.4, 0.5) is 11.4 Å². The Morgan fingerprint density at radius 2 is 1.96 bits per heavy atom. The van der Waals surface area contributed by atoms with Crippen molar-refractivity contribution in [1.82, 2.24) is 4.98 Å². The second-order valence-corrected chi connectivity index (χ2v) is 6.42. The van der Waals surface area contributed by atoms with Crippen LogP contribution in [-0.4, -0.2) is 15.8 Å². The lowest BCUT2D eigenvalue weighted by atomic mass is 10.1. The van der Waals surface area contributed by atoms with E-state index in [0.29, 0.717) is 27.5 Å². The molecule has 0 spiro atoms. The fourth-order valence-corrected chi connectivity index (χ4v) is 3.19. The second-order valence-electron chi connectivity index (χ2n) is 5.57. The van der Waals surface area contributed by atoms with Crippen LogP contribution in [0.25, 0.3) is 16.8 Å². The maximum Gasteiger partial charge on any atom is 0.269 e. The Bertz CT molecular complexity index is 1110. The summed E-state index contributed by atoms with van der Waals surface area (Å²) in [7, 11) is 0. The number of nitro groups is 1. The zero-order valence-corrected chi connectivity index (χ0v) is 15.1. The van der Waals surface area contributed by atoms with Crippen LogP contribution in [0, 0.1) is 21.4 Å². The Labute approximate surface area is 163 Å². The van der Waals surface area contributed by atoms with E-state index >= 15 is 0 Å². The van der Waals surface area contributed by atoms with Gasteiger partial charge in [0.05, 0.1) is 21.9 Å². The number of amides is 1. The summed E-state index contributed by atoms with van der Waals surface area (Å²) in [6.07, 6.45) is 1.46. The molecular weight excluding hydrogens is 378 g/mol. The summed E-state index contributed by atoms with van der Waals surface area (Å²) >= 11 is 1.27. The average Bonchev–Trinajstić information content (AvgIpc) is 3.19. The van der Waals surface area contributed by atoms with E-state index in [1.165, 1.54) is 29.7 Å². The zero-order chi connectivity index (χ0) is 20.1. The third kappa shape index (κ3) is 4.03. The number of non-ortho nitro benzene ring substituents is 1. The molecule has 8 nitrogen and oxygen atoms in total. The number of anilines is 1. The van der Waals surface area contributed by atoms with Crippen molar-refractivity contribution in [2.75, 3.05) is 5.32 Å². The summed E-state index contributed by atoms with van der Waals surface area (Å²) < 4.78 is 0. The van der Waals surface area contributed by atoms with Gasteiger partial charge in [-0.2, -0.15) is 5.26 Å². The van der Waals surface area contributed by atoms with Gasteiger partial charge in [0.2, 0.25) is 0 Å². The first-order valence-electron chi connectivity index (χ1n) is 7.96. The van der Waals surface area contributed by atoms with Crippen LogP contribution in [-0.2, 0) is 0 Å². The number of hydrogen-bond donors (Lipinski definition) is 2. The summed E-state index contributed by atoms with van der Waals surface area (Å²) in [5.74, 6) is -0.579. The number of allylic oxidation sites excluding steroid dienone is 1. The van der Waals surface area contributed by atoms with Crippen molar-refractivity contribution in [2.24, 2.45) is 5.73 Å². The first-order valence-corrected chi connectivity index (χ1v) is 8.84. The number of primary amides is 1. The van der Waals surface area contributed by atoms with Gasteiger partial charge in [0, 0.05) is 29.3 Å². The molecule has 2 aromatic carbocycles. The molecule has 0 aliphatic carbocycles. The molecule has 0 aliphatic rings. The van der Waals surface area contributed by atoms with Crippen molar-refractivity contribution in [3.8, 4) is 17.3 Å². The number of rotatable bonds is 6. The highest BCUT2D eigenvalue weighted by molar-refractivity contribution is 7.11. The topological polar surface area (TPSA) is 135 Å². The Kier molecular flexibility index (Phi) is 5.43. The smallest absolute Gasteiger partial charge is 0.269 e. The highest BCUT2D eigenvalue weighted by atomic mass is 32.1. The average molecular weight is 391 g/mol. The van der Waals surface area contributed by atoms with E-state index in [4.69, 9.17) is 5.73 Å². The van der Waals surface area contributed by atoms with Gasteiger partial charge in [-0.1, -0.05) is 12.1 Å². The van der Waals surface area contributed by atoms with E-state index < -0.39 is 10.8 Å². The number of hydrogen-bond acceptors (Lipinski definition) is 7. The molecule has 3 aromatic rings. The Balaban J connectivity index is 1.84. The van der Waals surface area contributed by atoms with E-state index in [9.17, 15) is 20.2 Å². The molecule has 0 fully saturated rings. The number of benzene rings is 2. The van der Waals surface area contributed by atoms with E-state index in [-0.39, 0.29) is 11.3 Å². The molecular formula is C19H13N5O3S. The lowest BCUT2D eigenvalue weighted by Gasteiger charge is -2.06. The zero-order valence-electron chi connectivity index (χ0n) is 14.3. The SMILES string of the molecule is N#CC(=CNc1ccccc1C(N)=O)c1nc(-c2ccc([N+](=O)[O-])cc2)cs1. The summed E-state index contributed by atoms with van der Waals surface area (Å²) in [4.78, 5) is 26.2. The molecule has 138 valence electrons. The Morgan fingerprint density at radius 1 is 1.25 bits per heavy atom. The summed E-state index contributed by atoms with van der Waals surface area (Å²) in [5, 5.41) is 25.4. The molecule has 1 heterocycles. The Morgan fingerprint density at radius 3 is 2.61 bits per heavy atom. The third-order valence-corrected chi connectivity index (χ3v) is 4.67. The number of carbonyl (C=O) groups excluding carboxylic acids is 1. The van der Waals surface area contributed by atoms with Gasteiger partial charge in [0.25, 0.3) is 11.6 Å². The van der Waals surface area contributed by atoms with Crippen molar-refractivity contribution in [1.29, 1.82) is 5.26 Å². The van der Waals surface area contributed by atoms with Crippen LogP contribution in [0.2, 0.25) is 0 Å². The molecule has 1 amide bonds. The monoisotopic (exact) mass is 391 g/mol. The standard InChI is InChI=1S/C19H13N5O3S/c20-9-13(10-22-16-4-2-1-3-15(16)18(21)25)19-23-17(11-28-19)12-5-7-14(8-6-12)24(26)27/h1-8,10-11,22H,(H2,21,25). The van der Waals surface area contributed by atoms with E-state index in [1.54, 1.807) is 41.8 Å². The highest BCUT2D eigenvalue weighted by Gasteiger charge is 2.12. The molecule has 3 N–H and O–H groups in total. The van der Waals surface area contributed by atoms with Crippen LogP contribution in [0.15, 0.2) is 60.1 Å². The molecule has 0 aliphatic heterocycles. The number of aromatic nitrogens is 1. The molecule has 0 radical (unpaired) electrons. The number of nitro benzene ring substituents is 1. The minimum Gasteiger partial charge on any atom is -0.366 e. The van der Waals surface area contributed by atoms with Crippen molar-refractivity contribution < 1.29 is 9.72 Å². The number of nitrogens with two attached hydrogens (primary N) is 1. The van der Waals surface area contributed by atoms with Crippen LogP contribution in [0.5, 0.6) is 0 Å². The van der Waals surface area contributed by atoms with Gasteiger partial charge in [-0.05, 0) is 24.3 Å². The number of carbonyl (C=O) groups is 1. The van der Waals surface area contributed by atoms with Crippen LogP contribution >= 0.6 is 11.3 Å². The fraction of sp³-hybridized carbons (Fsp3) is 0. The van der Waals surface area contributed by atoms with Crippen molar-refractivity contribution in [3.05, 3.63) is 80.8 Å². The number of para-hydroxylation sites is 1. The van der Waals surface area contributed by atoms with Crippen molar-refractivity contribution >= 4 is 34.2 Å². The maximum atomic E-state index is 11.5. The molecule has 28 heavy (non-hydrogen) atoms. The highest BCUT2D eigenvalue weighted by Crippen LogP contribution is 2.27. The predicted octanol–water partition coefficient (Wildman–Crippen LogP) is 3.79. The van der Waals surface area contributed by atoms with Gasteiger partial charge >= 0.3 is 0 Å². The summed E-state index contributed by atoms with van der Waals surface area (Å²) in [5.41, 5.74) is 7.71. The molecule has 0 saturated heterocycles. The quantitative estimate of drug-likeness (QED) is 0.373. The Hall–Kier alpha value is -4.03. The van der Waals surface area contributed by atoms with Gasteiger partial charge in [-0.15, -0.1) is 11.3 Å². The van der Waals surface area contributed by atoms with Crippen LogP contribution in [0.3, 0.4) is 0 Å². The lowest BCUT2D eigenvalue weighted by molar-refractivity contribution is -0.384. The molecule has 0 saturated carbocycles. The molecule has 0 atom stereocenters. The summed E-state index contributed by atoms with van der Waals surface area (Å²) in [6.45, 7) is 0. The summed E-state index contributed by atoms with van der Waals surface area (Å²) in [6, 6.07) is 14.8. The molecule has 3 rings (SSSR count). The van der Waals surface area contributed by atoms with Gasteiger partial charge in [0.1, 0.15) is 16.6 Å². The van der Waals surface area contributed by atoms with Gasteiger partial charge < -0.3 is 11.1 Å². The largest absolute Gasteiger partial charge is 0.366 e. The van der Waals surface area contributed by atoms with Crippen LogP contribution in [0.1, 0.15) is 15.4 Å². The van der Waals surface area contributed by atoms with Gasteiger partial charge in [-0.25, -0.2) is 4.98 Å². The molecule has 0 unspecified atom stereocenters. The van der Waals surface area contributed by atoms with Gasteiger partial charge in [-0.3, -0.25) is 14.9 Å². The van der Waals surface area contributed by atoms with Crippen molar-refractivity contribution in [2.45, 2.75) is 0 Å². The lowest BCUT2D eigenvalue weighted by Crippen LogP contribution is -2.13. The third-order valence-electron chi connectivity index (χ3n) is 3.79. The fourth-order valence-electron chi connectivity index (χ4n) is 2.40. The number of thiazole rings is 1. The second kappa shape index (κ2) is 8.11. The first kappa shape index (κ1) is 18.8. The predicted molar refractivity (Wildman–Crippen MR) is 106 cm³/mol. The van der Waals surface area contributed by atoms with Gasteiger partial charge in [0.15, 0.2) is 0 Å². The normalized spacial score (nSPS) is 10.9. The number of nitriles is 1. The van der Waals surface area contributed by atoms with E-state index in [0.717, 1.165) is 0 Å². The molecule has 0 bridgehead atoms. The molecule has 9 heteroatoms. The van der Waals surface area contributed by atoms with Crippen LogP contribution < -0.4 is 11.1 Å². The van der Waals surface area contributed by atoms with E-state index in [1.807, 2.05) is 0 Å². The minimum atomic E-state index is -0.579. The van der Waals surface area contributed by atoms with Crippen molar-refractivity contribution in [3.63, 3.8) is 0 Å². The number of nitrogens with one attached hydrogen (secondary N) is 1. The minimum absolute atomic E-state index is 0.00544. The number of nitrogens with zero attached hydrogens (tertiary/aromatic N) is 3.